The Hall–Kier alpha value is -2.15. The summed E-state index contributed by atoms with van der Waals surface area (Å²) in [7, 11) is 0. The van der Waals surface area contributed by atoms with Crippen LogP contribution in [0.3, 0.4) is 0 Å². The lowest BCUT2D eigenvalue weighted by Crippen LogP contribution is -2.43. The second-order valence-electron chi connectivity index (χ2n) is 7.13. The van der Waals surface area contributed by atoms with Gasteiger partial charge in [-0.25, -0.2) is 4.79 Å². The van der Waals surface area contributed by atoms with Crippen LogP contribution in [0.4, 0.5) is 4.79 Å². The fourth-order valence-electron chi connectivity index (χ4n) is 3.58. The molecular formula is C20H24BrN3O3. The number of amides is 4. The molecule has 0 spiro atoms. The predicted octanol–water partition coefficient (Wildman–Crippen LogP) is 3.22. The van der Waals surface area contributed by atoms with E-state index >= 15 is 0 Å². The van der Waals surface area contributed by atoms with Gasteiger partial charge in [-0.05, 0) is 45.1 Å². The molecule has 1 atom stereocenters. The molecule has 0 unspecified atom stereocenters. The van der Waals surface area contributed by atoms with Crippen molar-refractivity contribution in [2.24, 2.45) is 0 Å². The van der Waals surface area contributed by atoms with Crippen molar-refractivity contribution >= 4 is 33.8 Å². The van der Waals surface area contributed by atoms with E-state index in [2.05, 4.69) is 32.6 Å². The number of imide groups is 1. The minimum absolute atomic E-state index is 0.274. The van der Waals surface area contributed by atoms with E-state index in [4.69, 9.17) is 0 Å². The zero-order valence-electron chi connectivity index (χ0n) is 15.4. The van der Waals surface area contributed by atoms with Gasteiger partial charge in [0.15, 0.2) is 0 Å². The molecule has 0 aromatic heterocycles. The molecule has 1 aliphatic heterocycles. The third-order valence-corrected chi connectivity index (χ3v) is 5.83. The average Bonchev–Trinajstić information content (AvgIpc) is 2.87. The number of carbonyl (C=O) groups is 3. The molecule has 0 saturated carbocycles. The van der Waals surface area contributed by atoms with Crippen molar-refractivity contribution in [1.82, 2.24) is 15.5 Å². The topological polar surface area (TPSA) is 78.5 Å². The van der Waals surface area contributed by atoms with Gasteiger partial charge in [0.05, 0.1) is 0 Å². The maximum Gasteiger partial charge on any atom is 0.325 e. The highest BCUT2D eigenvalue weighted by Crippen LogP contribution is 2.33. The van der Waals surface area contributed by atoms with Crippen molar-refractivity contribution in [3.8, 4) is 0 Å². The third kappa shape index (κ3) is 4.24. The van der Waals surface area contributed by atoms with Crippen LogP contribution in [-0.2, 0) is 15.1 Å². The van der Waals surface area contributed by atoms with Gasteiger partial charge in [0.1, 0.15) is 12.1 Å². The van der Waals surface area contributed by atoms with Crippen molar-refractivity contribution in [2.75, 3.05) is 13.1 Å². The van der Waals surface area contributed by atoms with Crippen LogP contribution in [0.15, 0.2) is 40.4 Å². The van der Waals surface area contributed by atoms with Crippen molar-refractivity contribution in [3.63, 3.8) is 0 Å². The molecule has 1 saturated heterocycles. The Kier molecular flexibility index (Phi) is 5.99. The quantitative estimate of drug-likeness (QED) is 0.533. The normalized spacial score (nSPS) is 22.4. The van der Waals surface area contributed by atoms with Crippen LogP contribution in [0.5, 0.6) is 0 Å². The Morgan fingerprint density at radius 1 is 1.30 bits per heavy atom. The van der Waals surface area contributed by atoms with E-state index in [1.807, 2.05) is 12.1 Å². The zero-order valence-corrected chi connectivity index (χ0v) is 17.0. The molecule has 0 bridgehead atoms. The van der Waals surface area contributed by atoms with Gasteiger partial charge in [0, 0.05) is 16.6 Å². The molecule has 7 heteroatoms. The fraction of sp³-hybridized carbons (Fsp3) is 0.450. The third-order valence-electron chi connectivity index (χ3n) is 5.14. The molecule has 2 aliphatic rings. The summed E-state index contributed by atoms with van der Waals surface area (Å²) in [5, 5.41) is 5.53. The molecule has 0 radical (unpaired) electrons. The minimum Gasteiger partial charge on any atom is -0.354 e. The Morgan fingerprint density at radius 3 is 2.78 bits per heavy atom. The first kappa shape index (κ1) is 19.6. The van der Waals surface area contributed by atoms with Gasteiger partial charge in [-0.15, -0.1) is 0 Å². The zero-order chi connectivity index (χ0) is 19.4. The summed E-state index contributed by atoms with van der Waals surface area (Å²) in [6, 6.07) is 6.69. The molecule has 6 nitrogen and oxygen atoms in total. The van der Waals surface area contributed by atoms with Crippen LogP contribution < -0.4 is 10.6 Å². The van der Waals surface area contributed by atoms with Gasteiger partial charge >= 0.3 is 6.03 Å². The molecule has 144 valence electrons. The Bertz CT molecular complexity index is 792. The molecule has 1 aliphatic carbocycles. The fourth-order valence-corrected chi connectivity index (χ4v) is 4.26. The number of hydrogen-bond acceptors (Lipinski definition) is 3. The highest BCUT2D eigenvalue weighted by atomic mass is 79.9. The highest BCUT2D eigenvalue weighted by Gasteiger charge is 2.50. The number of benzene rings is 1. The van der Waals surface area contributed by atoms with E-state index in [-0.39, 0.29) is 12.5 Å². The first-order valence-corrected chi connectivity index (χ1v) is 10.0. The van der Waals surface area contributed by atoms with Crippen molar-refractivity contribution in [1.29, 1.82) is 0 Å². The van der Waals surface area contributed by atoms with Gasteiger partial charge in [-0.2, -0.15) is 0 Å². The summed E-state index contributed by atoms with van der Waals surface area (Å²) < 4.78 is 0.730. The lowest BCUT2D eigenvalue weighted by molar-refractivity contribution is -0.134. The maximum absolute atomic E-state index is 12.9. The summed E-state index contributed by atoms with van der Waals surface area (Å²) in [4.78, 5) is 38.4. The standard InChI is InChI=1S/C20H24BrN3O3/c1-20(15-9-5-6-10-16(15)21)18(26)24(19(27)23-20)13-17(25)22-12-11-14-7-3-2-4-8-14/h5-7,9-10H,2-4,8,11-13H2,1H3,(H,22,25)(H,23,27)/t20-/m0/s1. The van der Waals surface area contributed by atoms with E-state index < -0.39 is 17.5 Å². The molecule has 1 aromatic carbocycles. The van der Waals surface area contributed by atoms with Crippen LogP contribution in [0.25, 0.3) is 0 Å². The Labute approximate surface area is 167 Å². The summed E-state index contributed by atoms with van der Waals surface area (Å²) >= 11 is 3.43. The van der Waals surface area contributed by atoms with E-state index in [0.29, 0.717) is 12.1 Å². The van der Waals surface area contributed by atoms with Crippen molar-refractivity contribution < 1.29 is 14.4 Å². The number of halogens is 1. The average molecular weight is 434 g/mol. The maximum atomic E-state index is 12.9. The number of allylic oxidation sites excluding steroid dienone is 1. The van der Waals surface area contributed by atoms with Crippen molar-refractivity contribution in [2.45, 2.75) is 44.6 Å². The van der Waals surface area contributed by atoms with Gasteiger partial charge in [0.2, 0.25) is 5.91 Å². The Balaban J connectivity index is 1.59. The lowest BCUT2D eigenvalue weighted by atomic mass is 9.92. The monoisotopic (exact) mass is 433 g/mol. The second kappa shape index (κ2) is 8.25. The molecule has 1 aromatic rings. The molecule has 2 N–H and O–H groups in total. The minimum atomic E-state index is -1.19. The Morgan fingerprint density at radius 2 is 2.07 bits per heavy atom. The van der Waals surface area contributed by atoms with E-state index in [1.165, 1.54) is 18.4 Å². The van der Waals surface area contributed by atoms with Crippen LogP contribution in [0, 0.1) is 0 Å². The molecule has 1 heterocycles. The largest absolute Gasteiger partial charge is 0.354 e. The first-order chi connectivity index (χ1) is 12.9. The van der Waals surface area contributed by atoms with Gasteiger partial charge < -0.3 is 10.6 Å². The first-order valence-electron chi connectivity index (χ1n) is 9.25. The number of nitrogens with zero attached hydrogens (tertiary/aromatic N) is 1. The van der Waals surface area contributed by atoms with Crippen LogP contribution in [0.2, 0.25) is 0 Å². The summed E-state index contributed by atoms with van der Waals surface area (Å²) in [6.07, 6.45) is 7.71. The molecule has 3 rings (SSSR count). The summed E-state index contributed by atoms with van der Waals surface area (Å²) in [5.41, 5.74) is 0.846. The van der Waals surface area contributed by atoms with Gasteiger partial charge in [-0.1, -0.05) is 45.8 Å². The predicted molar refractivity (Wildman–Crippen MR) is 106 cm³/mol. The van der Waals surface area contributed by atoms with Crippen LogP contribution in [-0.4, -0.2) is 35.8 Å². The number of nitrogens with one attached hydrogen (secondary N) is 2. The smallest absolute Gasteiger partial charge is 0.325 e. The molecular weight excluding hydrogens is 410 g/mol. The number of rotatable bonds is 6. The van der Waals surface area contributed by atoms with E-state index in [9.17, 15) is 14.4 Å². The van der Waals surface area contributed by atoms with Gasteiger partial charge in [0.25, 0.3) is 5.91 Å². The van der Waals surface area contributed by atoms with E-state index in [0.717, 1.165) is 28.6 Å². The lowest BCUT2D eigenvalue weighted by Gasteiger charge is -2.23. The molecule has 1 fully saturated rings. The number of urea groups is 1. The second-order valence-corrected chi connectivity index (χ2v) is 7.99. The molecule has 27 heavy (non-hydrogen) atoms. The highest BCUT2D eigenvalue weighted by molar-refractivity contribution is 9.10. The van der Waals surface area contributed by atoms with Crippen LogP contribution in [0.1, 0.15) is 44.6 Å². The summed E-state index contributed by atoms with van der Waals surface area (Å²) in [5.74, 6) is -0.754. The van der Waals surface area contributed by atoms with E-state index in [1.54, 1.807) is 19.1 Å². The number of hydrogen-bond donors (Lipinski definition) is 2. The summed E-state index contributed by atoms with van der Waals surface area (Å²) in [6.45, 7) is 1.90. The van der Waals surface area contributed by atoms with Gasteiger partial charge in [-0.3, -0.25) is 14.5 Å². The van der Waals surface area contributed by atoms with Crippen molar-refractivity contribution in [3.05, 3.63) is 46.0 Å². The SMILES string of the molecule is C[C@@]1(c2ccccc2Br)NC(=O)N(CC(=O)NCCC2=CCCCC2)C1=O. The van der Waals surface area contributed by atoms with Crippen LogP contribution >= 0.6 is 15.9 Å². The number of carbonyl (C=O) groups excluding carboxylic acids is 3. The molecule has 4 amide bonds.